The minimum absolute atomic E-state index is 0.108. The van der Waals surface area contributed by atoms with Crippen LogP contribution in [0.25, 0.3) is 0 Å². The van der Waals surface area contributed by atoms with E-state index in [1.807, 2.05) is 0 Å². The zero-order valence-electron chi connectivity index (χ0n) is 27.2. The molecule has 0 radical (unpaired) electrons. The topological polar surface area (TPSA) is 245 Å². The van der Waals surface area contributed by atoms with Gasteiger partial charge in [-0.1, -0.05) is 38.2 Å². The highest BCUT2D eigenvalue weighted by molar-refractivity contribution is 7.91. The van der Waals surface area contributed by atoms with Crippen molar-refractivity contribution < 1.29 is 59.3 Å². The molecular weight excluding hydrogens is 709 g/mol. The Morgan fingerprint density at radius 2 is 1.58 bits per heavy atom. The van der Waals surface area contributed by atoms with Crippen molar-refractivity contribution in [3.05, 3.63) is 46.8 Å². The molecule has 278 valence electrons. The first-order valence-corrected chi connectivity index (χ1v) is 19.0. The fourth-order valence-electron chi connectivity index (χ4n) is 5.48. The number of benzene rings is 2. The summed E-state index contributed by atoms with van der Waals surface area (Å²) in [5.74, 6) is -10.6. The van der Waals surface area contributed by atoms with Crippen molar-refractivity contribution in [2.24, 2.45) is 10.9 Å². The second kappa shape index (κ2) is 17.4. The second-order valence-corrected chi connectivity index (χ2v) is 15.5. The predicted molar refractivity (Wildman–Crippen MR) is 174 cm³/mol. The van der Waals surface area contributed by atoms with Gasteiger partial charge in [-0.05, 0) is 43.9 Å². The van der Waals surface area contributed by atoms with Crippen LogP contribution >= 0.6 is 0 Å². The molecule has 1 saturated carbocycles. The summed E-state index contributed by atoms with van der Waals surface area (Å²) in [6.45, 7) is 0.873. The van der Waals surface area contributed by atoms with Gasteiger partial charge in [-0.15, -0.1) is 0 Å². The summed E-state index contributed by atoms with van der Waals surface area (Å²) in [6, 6.07) is 2.08. The van der Waals surface area contributed by atoms with E-state index in [-0.39, 0.29) is 30.9 Å². The van der Waals surface area contributed by atoms with Crippen molar-refractivity contribution in [1.82, 2.24) is 5.32 Å². The summed E-state index contributed by atoms with van der Waals surface area (Å²) in [4.78, 5) is 33.1. The highest BCUT2D eigenvalue weighted by Gasteiger charge is 2.37. The lowest BCUT2D eigenvalue weighted by atomic mass is 9.96. The number of phenols is 1. The van der Waals surface area contributed by atoms with E-state index < -0.39 is 101 Å². The largest absolute Gasteiger partial charge is 0.507 e. The van der Waals surface area contributed by atoms with E-state index in [9.17, 15) is 40.7 Å². The van der Waals surface area contributed by atoms with Crippen LogP contribution in [0.5, 0.6) is 5.75 Å². The molecule has 3 rings (SSSR count). The van der Waals surface area contributed by atoms with Gasteiger partial charge in [-0.2, -0.15) is 0 Å². The van der Waals surface area contributed by atoms with E-state index in [1.165, 1.54) is 25.1 Å². The van der Waals surface area contributed by atoms with Gasteiger partial charge in [0, 0.05) is 19.0 Å². The zero-order chi connectivity index (χ0) is 37.4. The first-order chi connectivity index (χ1) is 23.3. The lowest BCUT2D eigenvalue weighted by Gasteiger charge is -2.25. The number of carbonyl (C=O) groups is 3. The Hall–Kier alpha value is -3.78. The number of ketones is 1. The average molecular weight is 751 g/mol. The van der Waals surface area contributed by atoms with Gasteiger partial charge in [0.05, 0.1) is 23.6 Å². The van der Waals surface area contributed by atoms with Crippen LogP contribution in [0.3, 0.4) is 0 Å². The Kier molecular flexibility index (Phi) is 14.2. The fraction of sp³-hybridized carbons (Fsp3) is 0.516. The van der Waals surface area contributed by atoms with Gasteiger partial charge in [0.15, 0.2) is 38.0 Å². The number of aliphatic carboxylic acids is 1. The van der Waals surface area contributed by atoms with E-state index in [0.717, 1.165) is 19.3 Å². The molecule has 14 nitrogen and oxygen atoms in total. The summed E-state index contributed by atoms with van der Waals surface area (Å²) >= 11 is 0. The Labute approximate surface area is 287 Å². The molecule has 8 N–H and O–H groups in total. The Bertz CT molecular complexity index is 1800. The second-order valence-electron chi connectivity index (χ2n) is 12.0. The molecule has 50 heavy (non-hydrogen) atoms. The molecular formula is C31H41F3N4O10S2. The molecule has 1 amide bonds. The van der Waals surface area contributed by atoms with Crippen LogP contribution in [0.1, 0.15) is 74.2 Å². The van der Waals surface area contributed by atoms with E-state index in [2.05, 4.69) is 10.6 Å². The van der Waals surface area contributed by atoms with Gasteiger partial charge >= 0.3 is 5.97 Å². The Morgan fingerprint density at radius 3 is 2.18 bits per heavy atom. The molecule has 0 heterocycles. The molecule has 2 aromatic rings. The number of phenolic OH excluding ortho intramolecular Hbond substituents is 1. The minimum Gasteiger partial charge on any atom is -0.507 e. The zero-order valence-corrected chi connectivity index (χ0v) is 28.8. The quantitative estimate of drug-likeness (QED) is 0.0824. The maximum Gasteiger partial charge on any atom is 0.320 e. The van der Waals surface area contributed by atoms with Gasteiger partial charge in [-0.25, -0.2) is 35.1 Å². The van der Waals surface area contributed by atoms with E-state index in [0.29, 0.717) is 31.2 Å². The number of nitrogens with two attached hydrogens (primary N) is 2. The molecule has 1 aliphatic carbocycles. The van der Waals surface area contributed by atoms with Gasteiger partial charge in [0.2, 0.25) is 15.9 Å². The molecule has 2 unspecified atom stereocenters. The van der Waals surface area contributed by atoms with Crippen molar-refractivity contribution in [3.8, 4) is 5.75 Å². The standard InChI is InChI=1S/C31H41F3N4O10S2/c1-17(28(41)20-15-18(9-10-22(20)39)16-21(35)31(42)43)48-13-12-37-23(40)11-14-49(44,45)30-25(33)24(32)29(50(36,46)47)26(34)27(30)38-19-7-5-3-2-4-6-8-19/h9-10,15,17,19,21,38-39H,2-8,11-14,16,35H2,1H3,(H,37,40)(H,42,43)(H2,36,46,47). The first-order valence-electron chi connectivity index (χ1n) is 15.8. The number of primary sulfonamides is 1. The Balaban J connectivity index is 1.67. The molecule has 0 bridgehead atoms. The maximum atomic E-state index is 15.5. The van der Waals surface area contributed by atoms with Crippen LogP contribution in [-0.4, -0.2) is 81.8 Å². The van der Waals surface area contributed by atoms with Gasteiger partial charge < -0.3 is 31.3 Å². The molecule has 0 aromatic heterocycles. The number of halogens is 3. The summed E-state index contributed by atoms with van der Waals surface area (Å²) in [7, 11) is -10.1. The number of aromatic hydroxyl groups is 1. The summed E-state index contributed by atoms with van der Waals surface area (Å²) in [5, 5.41) is 29.0. The van der Waals surface area contributed by atoms with Crippen molar-refractivity contribution >= 4 is 43.2 Å². The molecule has 1 aliphatic rings. The minimum atomic E-state index is -5.16. The summed E-state index contributed by atoms with van der Waals surface area (Å²) < 4.78 is 102. The lowest BCUT2D eigenvalue weighted by molar-refractivity contribution is -0.138. The van der Waals surface area contributed by atoms with E-state index in [1.54, 1.807) is 0 Å². The van der Waals surface area contributed by atoms with Crippen molar-refractivity contribution in [2.45, 2.75) is 92.7 Å². The molecule has 0 aliphatic heterocycles. The number of nitrogens with one attached hydrogen (secondary N) is 2. The smallest absolute Gasteiger partial charge is 0.320 e. The number of hydrogen-bond donors (Lipinski definition) is 6. The maximum absolute atomic E-state index is 15.5. The van der Waals surface area contributed by atoms with Gasteiger partial charge in [0.1, 0.15) is 22.8 Å². The summed E-state index contributed by atoms with van der Waals surface area (Å²) in [6.07, 6.45) is 2.78. The van der Waals surface area contributed by atoms with Crippen LogP contribution in [0, 0.1) is 17.5 Å². The number of amides is 1. The fourth-order valence-corrected chi connectivity index (χ4v) is 7.65. The number of Topliss-reactive ketones (excluding diaryl/α,β-unsaturated/α-hetero) is 1. The highest BCUT2D eigenvalue weighted by Crippen LogP contribution is 2.37. The number of rotatable bonds is 16. The van der Waals surface area contributed by atoms with Crippen LogP contribution in [0.4, 0.5) is 18.9 Å². The lowest BCUT2D eigenvalue weighted by Crippen LogP contribution is -2.32. The number of carboxylic acid groups (broad SMARTS) is 1. The number of sulfone groups is 1. The van der Waals surface area contributed by atoms with Gasteiger partial charge in [0.25, 0.3) is 0 Å². The van der Waals surface area contributed by atoms with E-state index in [4.69, 9.17) is 20.7 Å². The van der Waals surface area contributed by atoms with Crippen molar-refractivity contribution in [1.29, 1.82) is 0 Å². The molecule has 2 atom stereocenters. The Morgan fingerprint density at radius 1 is 0.980 bits per heavy atom. The molecule has 0 saturated heterocycles. The number of sulfonamides is 1. The van der Waals surface area contributed by atoms with E-state index >= 15 is 8.78 Å². The van der Waals surface area contributed by atoms with Crippen LogP contribution in [0.15, 0.2) is 28.0 Å². The monoisotopic (exact) mass is 750 g/mol. The highest BCUT2D eigenvalue weighted by atomic mass is 32.2. The average Bonchev–Trinajstić information content (AvgIpc) is 3.01. The number of ether oxygens (including phenoxy) is 1. The van der Waals surface area contributed by atoms with Crippen LogP contribution < -0.4 is 21.5 Å². The summed E-state index contributed by atoms with van der Waals surface area (Å²) in [5.41, 5.74) is 4.68. The van der Waals surface area contributed by atoms with Crippen molar-refractivity contribution in [2.75, 3.05) is 24.2 Å². The SMILES string of the molecule is CC(OCCNC(=O)CCS(=O)(=O)c1c(F)c(F)c(S(N)(=O)=O)c(F)c1NC1CCCCCCC1)C(=O)c1cc(CC(N)C(=O)O)ccc1O. The third-order valence-electron chi connectivity index (χ3n) is 8.14. The van der Waals surface area contributed by atoms with Gasteiger partial charge in [-0.3, -0.25) is 14.4 Å². The molecule has 1 fully saturated rings. The number of carbonyl (C=O) groups excluding carboxylic acids is 2. The number of anilines is 1. The predicted octanol–water partition coefficient (Wildman–Crippen LogP) is 2.50. The number of carboxylic acids is 1. The molecule has 19 heteroatoms. The molecule has 2 aromatic carbocycles. The normalized spacial score (nSPS) is 15.8. The third-order valence-corrected chi connectivity index (χ3v) is 10.8. The number of hydrogen-bond acceptors (Lipinski definition) is 11. The van der Waals surface area contributed by atoms with Crippen molar-refractivity contribution in [3.63, 3.8) is 0 Å². The third kappa shape index (κ3) is 10.6. The molecule has 0 spiro atoms. The van der Waals surface area contributed by atoms with Crippen LogP contribution in [0.2, 0.25) is 0 Å². The van der Waals surface area contributed by atoms with Crippen LogP contribution in [-0.2, 0) is 40.6 Å². The first kappa shape index (κ1) is 40.6.